The molecule has 0 aromatic heterocycles. The third-order valence-electron chi connectivity index (χ3n) is 2.49. The van der Waals surface area contributed by atoms with Gasteiger partial charge in [0.05, 0.1) is 21.3 Å². The molecule has 4 nitrogen and oxygen atoms in total. The van der Waals surface area contributed by atoms with Gasteiger partial charge < -0.3 is 14.2 Å². The lowest BCUT2D eigenvalue weighted by Crippen LogP contribution is -2.00. The van der Waals surface area contributed by atoms with Crippen LogP contribution < -0.4 is 9.47 Å². The van der Waals surface area contributed by atoms with E-state index in [4.69, 9.17) is 9.47 Å². The molecule has 0 saturated heterocycles. The molecule has 0 radical (unpaired) electrons. The normalized spacial score (nSPS) is 9.82. The summed E-state index contributed by atoms with van der Waals surface area (Å²) in [5, 5.41) is 0. The van der Waals surface area contributed by atoms with Crippen molar-refractivity contribution >= 4 is 5.97 Å². The first-order chi connectivity index (χ1) is 8.19. The van der Waals surface area contributed by atoms with Crippen molar-refractivity contribution in [1.82, 2.24) is 0 Å². The molecule has 0 N–H and O–H groups in total. The summed E-state index contributed by atoms with van der Waals surface area (Å²) >= 11 is 0. The van der Waals surface area contributed by atoms with Gasteiger partial charge in [-0.05, 0) is 30.5 Å². The minimum Gasteiger partial charge on any atom is -0.497 e. The van der Waals surface area contributed by atoms with Crippen LogP contribution in [0.4, 0.5) is 0 Å². The highest BCUT2D eigenvalue weighted by atomic mass is 16.5. The summed E-state index contributed by atoms with van der Waals surface area (Å²) in [7, 11) is 4.64. The van der Waals surface area contributed by atoms with Gasteiger partial charge in [0.2, 0.25) is 0 Å². The van der Waals surface area contributed by atoms with Crippen molar-refractivity contribution in [1.29, 1.82) is 0 Å². The number of ether oxygens (including phenoxy) is 3. The van der Waals surface area contributed by atoms with E-state index in [-0.39, 0.29) is 5.97 Å². The lowest BCUT2D eigenvalue weighted by Gasteiger charge is -2.08. The molecule has 1 rings (SSSR count). The second-order valence-corrected chi connectivity index (χ2v) is 3.65. The lowest BCUT2D eigenvalue weighted by molar-refractivity contribution is -0.140. The van der Waals surface area contributed by atoms with Crippen molar-refractivity contribution in [2.24, 2.45) is 0 Å². The first-order valence-corrected chi connectivity index (χ1v) is 5.48. The second-order valence-electron chi connectivity index (χ2n) is 3.65. The van der Waals surface area contributed by atoms with Crippen LogP contribution in [0.2, 0.25) is 0 Å². The Balaban J connectivity index is 2.60. The van der Waals surface area contributed by atoms with Gasteiger partial charge in [-0.3, -0.25) is 4.79 Å². The number of hydrogen-bond acceptors (Lipinski definition) is 4. The molecule has 0 heterocycles. The molecule has 0 amide bonds. The topological polar surface area (TPSA) is 44.8 Å². The molecule has 0 aliphatic carbocycles. The molecule has 17 heavy (non-hydrogen) atoms. The van der Waals surface area contributed by atoms with Crippen molar-refractivity contribution < 1.29 is 19.0 Å². The molecule has 4 heteroatoms. The predicted octanol–water partition coefficient (Wildman–Crippen LogP) is 2.20. The average molecular weight is 238 g/mol. The number of hydrogen-bond donors (Lipinski definition) is 0. The van der Waals surface area contributed by atoms with Crippen LogP contribution in [0.1, 0.15) is 18.4 Å². The van der Waals surface area contributed by atoms with Crippen LogP contribution in [0, 0.1) is 0 Å². The molecular weight excluding hydrogens is 220 g/mol. The van der Waals surface area contributed by atoms with Crippen LogP contribution in [-0.2, 0) is 16.0 Å². The number of rotatable bonds is 6. The number of esters is 1. The molecule has 1 aromatic rings. The highest BCUT2D eigenvalue weighted by Gasteiger charge is 2.04. The van der Waals surface area contributed by atoms with E-state index in [2.05, 4.69) is 4.74 Å². The number of benzene rings is 1. The summed E-state index contributed by atoms with van der Waals surface area (Å²) in [6.45, 7) is 0. The summed E-state index contributed by atoms with van der Waals surface area (Å²) in [6.07, 6.45) is 1.97. The first-order valence-electron chi connectivity index (χ1n) is 5.48. The molecule has 0 aliphatic rings. The Kier molecular flexibility index (Phi) is 5.33. The van der Waals surface area contributed by atoms with E-state index in [9.17, 15) is 4.79 Å². The standard InChI is InChI=1S/C13H18O4/c1-15-11-7-10(8-12(9-11)16-2)5-4-6-13(14)17-3/h7-9H,4-6H2,1-3H3. The molecule has 0 spiro atoms. The van der Waals surface area contributed by atoms with Gasteiger partial charge in [0.15, 0.2) is 0 Å². The zero-order chi connectivity index (χ0) is 12.7. The quantitative estimate of drug-likeness (QED) is 0.713. The lowest BCUT2D eigenvalue weighted by atomic mass is 10.1. The fourth-order valence-corrected chi connectivity index (χ4v) is 1.55. The van der Waals surface area contributed by atoms with E-state index in [1.54, 1.807) is 14.2 Å². The summed E-state index contributed by atoms with van der Waals surface area (Å²) in [5.74, 6) is 1.34. The van der Waals surface area contributed by atoms with E-state index in [0.717, 1.165) is 29.9 Å². The van der Waals surface area contributed by atoms with Gasteiger partial charge >= 0.3 is 5.97 Å². The van der Waals surface area contributed by atoms with Gasteiger partial charge in [-0.25, -0.2) is 0 Å². The molecule has 1 aromatic carbocycles. The van der Waals surface area contributed by atoms with Crippen LogP contribution in [0.25, 0.3) is 0 Å². The summed E-state index contributed by atoms with van der Waals surface area (Å²) in [4.78, 5) is 11.0. The van der Waals surface area contributed by atoms with E-state index >= 15 is 0 Å². The Hall–Kier alpha value is -1.71. The Labute approximate surface area is 101 Å². The molecule has 0 bridgehead atoms. The van der Waals surface area contributed by atoms with Gasteiger partial charge in [-0.1, -0.05) is 0 Å². The smallest absolute Gasteiger partial charge is 0.305 e. The van der Waals surface area contributed by atoms with Gasteiger partial charge in [-0.2, -0.15) is 0 Å². The van der Waals surface area contributed by atoms with Crippen LogP contribution in [0.15, 0.2) is 18.2 Å². The van der Waals surface area contributed by atoms with Crippen molar-refractivity contribution in [2.75, 3.05) is 21.3 Å². The fourth-order valence-electron chi connectivity index (χ4n) is 1.55. The zero-order valence-corrected chi connectivity index (χ0v) is 10.5. The van der Waals surface area contributed by atoms with E-state index in [1.807, 2.05) is 18.2 Å². The van der Waals surface area contributed by atoms with Gasteiger partial charge in [-0.15, -0.1) is 0 Å². The Morgan fingerprint density at radius 1 is 1.06 bits per heavy atom. The van der Waals surface area contributed by atoms with Gasteiger partial charge in [0.25, 0.3) is 0 Å². The van der Waals surface area contributed by atoms with Crippen LogP contribution in [0.5, 0.6) is 11.5 Å². The number of carbonyl (C=O) groups is 1. The maximum absolute atomic E-state index is 11.0. The Bertz CT molecular complexity index is 351. The molecule has 0 aliphatic heterocycles. The fraction of sp³-hybridized carbons (Fsp3) is 0.462. The first kappa shape index (κ1) is 13.4. The largest absolute Gasteiger partial charge is 0.497 e. The third-order valence-corrected chi connectivity index (χ3v) is 2.49. The zero-order valence-electron chi connectivity index (χ0n) is 10.5. The molecule has 94 valence electrons. The van der Waals surface area contributed by atoms with Crippen molar-refractivity contribution in [3.05, 3.63) is 23.8 Å². The highest BCUT2D eigenvalue weighted by Crippen LogP contribution is 2.23. The monoisotopic (exact) mass is 238 g/mol. The van der Waals surface area contributed by atoms with Crippen molar-refractivity contribution in [2.45, 2.75) is 19.3 Å². The Morgan fingerprint density at radius 2 is 1.65 bits per heavy atom. The summed E-state index contributed by atoms with van der Waals surface area (Å²) < 4.78 is 14.9. The summed E-state index contributed by atoms with van der Waals surface area (Å²) in [5.41, 5.74) is 1.09. The molecule has 0 saturated carbocycles. The third kappa shape index (κ3) is 4.34. The maximum Gasteiger partial charge on any atom is 0.305 e. The maximum atomic E-state index is 11.0. The SMILES string of the molecule is COC(=O)CCCc1cc(OC)cc(OC)c1. The predicted molar refractivity (Wildman–Crippen MR) is 64.5 cm³/mol. The van der Waals surface area contributed by atoms with Crippen molar-refractivity contribution in [3.63, 3.8) is 0 Å². The molecule has 0 fully saturated rings. The van der Waals surface area contributed by atoms with Crippen LogP contribution in [-0.4, -0.2) is 27.3 Å². The van der Waals surface area contributed by atoms with Crippen molar-refractivity contribution in [3.8, 4) is 11.5 Å². The van der Waals surface area contributed by atoms with Gasteiger partial charge in [0.1, 0.15) is 11.5 Å². The van der Waals surface area contributed by atoms with Gasteiger partial charge in [0, 0.05) is 12.5 Å². The van der Waals surface area contributed by atoms with E-state index in [1.165, 1.54) is 7.11 Å². The minimum absolute atomic E-state index is 0.181. The number of methoxy groups -OCH3 is 3. The average Bonchev–Trinajstić information content (AvgIpc) is 2.37. The number of aryl methyl sites for hydroxylation is 1. The molecule has 0 atom stereocenters. The molecular formula is C13H18O4. The number of carbonyl (C=O) groups excluding carboxylic acids is 1. The Morgan fingerprint density at radius 3 is 2.12 bits per heavy atom. The minimum atomic E-state index is -0.181. The van der Waals surface area contributed by atoms with Crippen LogP contribution >= 0.6 is 0 Å². The highest BCUT2D eigenvalue weighted by molar-refractivity contribution is 5.69. The van der Waals surface area contributed by atoms with E-state index in [0.29, 0.717) is 6.42 Å². The summed E-state index contributed by atoms with van der Waals surface area (Å²) in [6, 6.07) is 5.71. The molecule has 0 unspecified atom stereocenters. The second kappa shape index (κ2) is 6.78. The van der Waals surface area contributed by atoms with E-state index < -0.39 is 0 Å². The van der Waals surface area contributed by atoms with Crippen LogP contribution in [0.3, 0.4) is 0 Å².